The highest BCUT2D eigenvalue weighted by Crippen LogP contribution is 2.40. The van der Waals surface area contributed by atoms with E-state index in [1.54, 1.807) is 31.2 Å². The number of nitro benzene ring substituents is 1. The summed E-state index contributed by atoms with van der Waals surface area (Å²) in [7, 11) is 4.55. The molecule has 8 heteroatoms. The van der Waals surface area contributed by atoms with Gasteiger partial charge in [0, 0.05) is 35.0 Å². The van der Waals surface area contributed by atoms with Crippen molar-refractivity contribution in [1.82, 2.24) is 0 Å². The maximum atomic E-state index is 11.1. The number of nitro groups is 1. The summed E-state index contributed by atoms with van der Waals surface area (Å²) in [5, 5.41) is 14.1. The molecule has 0 spiro atoms. The minimum absolute atomic E-state index is 0.0199. The molecule has 25 heavy (non-hydrogen) atoms. The van der Waals surface area contributed by atoms with E-state index in [0.29, 0.717) is 39.1 Å². The molecule has 2 rings (SSSR count). The summed E-state index contributed by atoms with van der Waals surface area (Å²) in [5.74, 6) is 1.42. The van der Waals surface area contributed by atoms with Crippen molar-refractivity contribution in [2.45, 2.75) is 6.92 Å². The third kappa shape index (κ3) is 3.80. The van der Waals surface area contributed by atoms with Crippen LogP contribution >= 0.6 is 12.2 Å². The van der Waals surface area contributed by atoms with Crippen molar-refractivity contribution in [3.8, 4) is 17.2 Å². The van der Waals surface area contributed by atoms with E-state index in [0.717, 1.165) is 0 Å². The van der Waals surface area contributed by atoms with Crippen LogP contribution in [0.5, 0.6) is 17.2 Å². The van der Waals surface area contributed by atoms with E-state index in [4.69, 9.17) is 26.4 Å². The second kappa shape index (κ2) is 7.80. The van der Waals surface area contributed by atoms with Crippen LogP contribution in [0.1, 0.15) is 11.1 Å². The molecule has 2 aromatic carbocycles. The number of methoxy groups -OCH3 is 3. The Labute approximate surface area is 150 Å². The molecule has 0 unspecified atom stereocenters. The van der Waals surface area contributed by atoms with Crippen LogP contribution in [-0.2, 0) is 0 Å². The third-order valence-corrected chi connectivity index (χ3v) is 3.99. The highest BCUT2D eigenvalue weighted by molar-refractivity contribution is 7.81. The summed E-state index contributed by atoms with van der Waals surface area (Å²) in [6, 6.07) is 8.20. The molecule has 0 fully saturated rings. The Hall–Kier alpha value is -2.87. The molecule has 0 amide bonds. The van der Waals surface area contributed by atoms with Crippen LogP contribution in [0.4, 0.5) is 11.4 Å². The molecule has 0 aliphatic rings. The number of hydrogen-bond acceptors (Lipinski definition) is 6. The average Bonchev–Trinajstić information content (AvgIpc) is 2.60. The van der Waals surface area contributed by atoms with E-state index in [9.17, 15) is 10.1 Å². The molecule has 0 aliphatic carbocycles. The SMILES string of the molecule is COc1cc(NC(=S)c2cccc([N+](=O)[O-])c2C)cc(OC)c1OC. The first-order valence-corrected chi connectivity index (χ1v) is 7.69. The fraction of sp³-hybridized carbons (Fsp3) is 0.235. The molecule has 0 aromatic heterocycles. The quantitative estimate of drug-likeness (QED) is 0.476. The molecule has 132 valence electrons. The standard InChI is InChI=1S/C17H18N2O5S/c1-10-12(6-5-7-13(10)19(20)21)17(25)18-11-8-14(22-2)16(24-4)15(9-11)23-3/h5-9H,1-4H3,(H,18,25). The fourth-order valence-electron chi connectivity index (χ4n) is 2.42. The minimum Gasteiger partial charge on any atom is -0.493 e. The van der Waals surface area contributed by atoms with Gasteiger partial charge in [-0.1, -0.05) is 24.4 Å². The molecule has 0 heterocycles. The zero-order chi connectivity index (χ0) is 18.6. The zero-order valence-corrected chi connectivity index (χ0v) is 15.1. The predicted molar refractivity (Wildman–Crippen MR) is 99.3 cm³/mol. The molecule has 0 aliphatic heterocycles. The first-order valence-electron chi connectivity index (χ1n) is 7.28. The lowest BCUT2D eigenvalue weighted by molar-refractivity contribution is -0.385. The van der Waals surface area contributed by atoms with Gasteiger partial charge >= 0.3 is 0 Å². The molecule has 0 atom stereocenters. The van der Waals surface area contributed by atoms with E-state index in [-0.39, 0.29) is 5.69 Å². The van der Waals surface area contributed by atoms with Gasteiger partial charge in [-0.25, -0.2) is 0 Å². The maximum Gasteiger partial charge on any atom is 0.273 e. The van der Waals surface area contributed by atoms with E-state index >= 15 is 0 Å². The highest BCUT2D eigenvalue weighted by atomic mass is 32.1. The van der Waals surface area contributed by atoms with Crippen molar-refractivity contribution < 1.29 is 19.1 Å². The number of benzene rings is 2. The van der Waals surface area contributed by atoms with Crippen molar-refractivity contribution in [3.05, 3.63) is 51.6 Å². The predicted octanol–water partition coefficient (Wildman–Crippen LogP) is 3.72. The second-order valence-corrected chi connectivity index (χ2v) is 5.48. The first kappa shape index (κ1) is 18.5. The third-order valence-electron chi connectivity index (χ3n) is 3.67. The van der Waals surface area contributed by atoms with Gasteiger partial charge in [-0.3, -0.25) is 10.1 Å². The summed E-state index contributed by atoms with van der Waals surface area (Å²) in [5.41, 5.74) is 1.72. The molecule has 1 N–H and O–H groups in total. The maximum absolute atomic E-state index is 11.1. The Kier molecular flexibility index (Phi) is 5.76. The number of anilines is 1. The number of nitrogens with zero attached hydrogens (tertiary/aromatic N) is 1. The summed E-state index contributed by atoms with van der Waals surface area (Å²) >= 11 is 5.41. The van der Waals surface area contributed by atoms with Gasteiger partial charge in [0.2, 0.25) is 5.75 Å². The van der Waals surface area contributed by atoms with Crippen LogP contribution in [0.25, 0.3) is 0 Å². The number of hydrogen-bond donors (Lipinski definition) is 1. The van der Waals surface area contributed by atoms with Gasteiger partial charge in [0.15, 0.2) is 11.5 Å². The Morgan fingerprint density at radius 3 is 2.20 bits per heavy atom. The van der Waals surface area contributed by atoms with Gasteiger partial charge in [0.1, 0.15) is 4.99 Å². The molecule has 0 radical (unpaired) electrons. The van der Waals surface area contributed by atoms with Gasteiger partial charge < -0.3 is 19.5 Å². The summed E-state index contributed by atoms with van der Waals surface area (Å²) in [6.45, 7) is 1.66. The Bertz CT molecular complexity index is 798. The van der Waals surface area contributed by atoms with Crippen LogP contribution in [-0.4, -0.2) is 31.2 Å². The van der Waals surface area contributed by atoms with E-state index in [2.05, 4.69) is 5.32 Å². The number of ether oxygens (including phenoxy) is 3. The van der Waals surface area contributed by atoms with Crippen LogP contribution in [0, 0.1) is 17.0 Å². The molecule has 7 nitrogen and oxygen atoms in total. The average molecular weight is 362 g/mol. The minimum atomic E-state index is -0.430. The summed E-state index contributed by atoms with van der Waals surface area (Å²) in [6.07, 6.45) is 0. The van der Waals surface area contributed by atoms with Crippen molar-refractivity contribution in [1.29, 1.82) is 0 Å². The second-order valence-electron chi connectivity index (χ2n) is 5.07. The van der Waals surface area contributed by atoms with E-state index in [1.807, 2.05) is 0 Å². The number of nitrogens with one attached hydrogen (secondary N) is 1. The Morgan fingerprint density at radius 2 is 1.72 bits per heavy atom. The number of thiocarbonyl (C=S) groups is 1. The molecular weight excluding hydrogens is 344 g/mol. The van der Waals surface area contributed by atoms with Gasteiger partial charge in [-0.05, 0) is 6.92 Å². The van der Waals surface area contributed by atoms with Crippen LogP contribution in [0.15, 0.2) is 30.3 Å². The fourth-order valence-corrected chi connectivity index (χ4v) is 2.76. The lowest BCUT2D eigenvalue weighted by Crippen LogP contribution is -2.13. The molecule has 0 bridgehead atoms. The lowest BCUT2D eigenvalue weighted by atomic mass is 10.1. The molecule has 0 saturated heterocycles. The Balaban J connectivity index is 2.39. The van der Waals surface area contributed by atoms with Gasteiger partial charge in [0.05, 0.1) is 26.3 Å². The number of rotatable bonds is 6. The van der Waals surface area contributed by atoms with Crippen molar-refractivity contribution in [3.63, 3.8) is 0 Å². The molecule has 2 aromatic rings. The van der Waals surface area contributed by atoms with E-state index in [1.165, 1.54) is 27.4 Å². The van der Waals surface area contributed by atoms with Crippen molar-refractivity contribution >= 4 is 28.6 Å². The Morgan fingerprint density at radius 1 is 1.12 bits per heavy atom. The smallest absolute Gasteiger partial charge is 0.273 e. The van der Waals surface area contributed by atoms with Crippen LogP contribution in [0.2, 0.25) is 0 Å². The summed E-state index contributed by atoms with van der Waals surface area (Å²) in [4.78, 5) is 11.0. The van der Waals surface area contributed by atoms with Gasteiger partial charge in [0.25, 0.3) is 5.69 Å². The van der Waals surface area contributed by atoms with Crippen LogP contribution in [0.3, 0.4) is 0 Å². The van der Waals surface area contributed by atoms with Gasteiger partial charge in [-0.15, -0.1) is 0 Å². The normalized spacial score (nSPS) is 10.1. The van der Waals surface area contributed by atoms with Crippen molar-refractivity contribution in [2.75, 3.05) is 26.6 Å². The van der Waals surface area contributed by atoms with Crippen molar-refractivity contribution in [2.24, 2.45) is 0 Å². The zero-order valence-electron chi connectivity index (χ0n) is 14.3. The molecular formula is C17H18N2O5S. The largest absolute Gasteiger partial charge is 0.493 e. The monoisotopic (exact) mass is 362 g/mol. The van der Waals surface area contributed by atoms with Gasteiger partial charge in [-0.2, -0.15) is 0 Å². The topological polar surface area (TPSA) is 82.9 Å². The lowest BCUT2D eigenvalue weighted by Gasteiger charge is -2.16. The summed E-state index contributed by atoms with van der Waals surface area (Å²) < 4.78 is 15.9. The van der Waals surface area contributed by atoms with Crippen LogP contribution < -0.4 is 19.5 Å². The highest BCUT2D eigenvalue weighted by Gasteiger charge is 2.18. The first-order chi connectivity index (χ1) is 11.9. The van der Waals surface area contributed by atoms with E-state index < -0.39 is 4.92 Å². The molecule has 0 saturated carbocycles.